The standard InChI is InChI=1S/C25H29FO6/c1-14(27)31-13-21(30)20-8-7-18-19-6-5-16-11-17(29)9-10-24(16,4)25(19,26)22(32-15(2)28)12-23(18,20)3/h8-11,18-19,22H,5-7,12-13H2,1-4H3/t18?,19?,22?,23-,24-,25-/m0/s1. The first kappa shape index (κ1) is 22.6. The van der Waals surface area contributed by atoms with Crippen LogP contribution in [-0.2, 0) is 28.7 Å². The third-order valence-electron chi connectivity index (χ3n) is 8.21. The van der Waals surface area contributed by atoms with Gasteiger partial charge < -0.3 is 9.47 Å². The lowest BCUT2D eigenvalue weighted by molar-refractivity contribution is -0.206. The molecule has 0 aromatic rings. The third kappa shape index (κ3) is 3.11. The Hall–Kier alpha value is -2.57. The summed E-state index contributed by atoms with van der Waals surface area (Å²) in [5.41, 5.74) is -2.45. The summed E-state index contributed by atoms with van der Waals surface area (Å²) < 4.78 is 28.0. The molecule has 0 aromatic carbocycles. The van der Waals surface area contributed by atoms with Gasteiger partial charge in [0, 0.05) is 36.2 Å². The zero-order valence-electron chi connectivity index (χ0n) is 18.9. The van der Waals surface area contributed by atoms with Gasteiger partial charge >= 0.3 is 11.9 Å². The number of alkyl halides is 1. The third-order valence-corrected chi connectivity index (χ3v) is 8.21. The predicted octanol–water partition coefficient (Wildman–Crippen LogP) is 3.60. The number of ketones is 2. The molecule has 4 aliphatic carbocycles. The van der Waals surface area contributed by atoms with E-state index in [1.807, 2.05) is 13.0 Å². The fourth-order valence-corrected chi connectivity index (χ4v) is 6.75. The van der Waals surface area contributed by atoms with Crippen molar-refractivity contribution in [2.75, 3.05) is 6.61 Å². The van der Waals surface area contributed by atoms with Crippen LogP contribution in [0.15, 0.2) is 35.5 Å². The first-order valence-electron chi connectivity index (χ1n) is 11.1. The molecule has 6 nitrogen and oxygen atoms in total. The summed E-state index contributed by atoms with van der Waals surface area (Å²) >= 11 is 0. The van der Waals surface area contributed by atoms with E-state index in [4.69, 9.17) is 9.47 Å². The monoisotopic (exact) mass is 444 g/mol. The highest BCUT2D eigenvalue weighted by Crippen LogP contribution is 2.68. The van der Waals surface area contributed by atoms with Gasteiger partial charge in [0.05, 0.1) is 0 Å². The average molecular weight is 444 g/mol. The first-order chi connectivity index (χ1) is 14.9. The number of carbonyl (C=O) groups is 4. The second-order valence-electron chi connectivity index (χ2n) is 9.90. The molecule has 3 unspecified atom stereocenters. The van der Waals surface area contributed by atoms with E-state index in [2.05, 4.69) is 0 Å². The van der Waals surface area contributed by atoms with E-state index >= 15 is 4.39 Å². The van der Waals surface area contributed by atoms with E-state index in [1.165, 1.54) is 26.0 Å². The minimum atomic E-state index is -1.91. The smallest absolute Gasteiger partial charge is 0.303 e. The number of carbonyl (C=O) groups excluding carboxylic acids is 4. The molecule has 32 heavy (non-hydrogen) atoms. The van der Waals surface area contributed by atoms with Gasteiger partial charge in [-0.25, -0.2) is 4.39 Å². The van der Waals surface area contributed by atoms with E-state index in [0.717, 1.165) is 5.57 Å². The zero-order chi connectivity index (χ0) is 23.5. The highest BCUT2D eigenvalue weighted by atomic mass is 19.1. The van der Waals surface area contributed by atoms with Crippen LogP contribution < -0.4 is 0 Å². The van der Waals surface area contributed by atoms with Crippen molar-refractivity contribution in [3.63, 3.8) is 0 Å². The molecule has 0 amide bonds. The van der Waals surface area contributed by atoms with Crippen molar-refractivity contribution in [3.8, 4) is 0 Å². The van der Waals surface area contributed by atoms with Gasteiger partial charge in [0.25, 0.3) is 0 Å². The van der Waals surface area contributed by atoms with Gasteiger partial charge in [0.2, 0.25) is 0 Å². The molecule has 0 saturated heterocycles. The Kier molecular flexibility index (Phi) is 5.30. The van der Waals surface area contributed by atoms with Crippen molar-refractivity contribution >= 4 is 23.5 Å². The van der Waals surface area contributed by atoms with Gasteiger partial charge in [-0.2, -0.15) is 0 Å². The molecule has 172 valence electrons. The number of esters is 2. The molecule has 7 heteroatoms. The summed E-state index contributed by atoms with van der Waals surface area (Å²) in [6.45, 7) is 5.84. The van der Waals surface area contributed by atoms with Crippen LogP contribution in [0.4, 0.5) is 4.39 Å². The molecular formula is C25H29FO6. The van der Waals surface area contributed by atoms with Crippen molar-refractivity contribution in [2.24, 2.45) is 22.7 Å². The van der Waals surface area contributed by atoms with Crippen LogP contribution in [0.3, 0.4) is 0 Å². The Balaban J connectivity index is 1.76. The number of fused-ring (bicyclic) bond motifs is 5. The molecule has 0 aromatic heterocycles. The highest BCUT2D eigenvalue weighted by molar-refractivity contribution is 6.01. The highest BCUT2D eigenvalue weighted by Gasteiger charge is 2.71. The van der Waals surface area contributed by atoms with Gasteiger partial charge in [-0.1, -0.05) is 24.6 Å². The Morgan fingerprint density at radius 1 is 1.16 bits per heavy atom. The number of hydrogen-bond donors (Lipinski definition) is 0. The van der Waals surface area contributed by atoms with E-state index in [1.54, 1.807) is 13.0 Å². The number of Topliss-reactive ketones (excluding diaryl/α,β-unsaturated/α-hetero) is 1. The Labute approximate surface area is 186 Å². The van der Waals surface area contributed by atoms with Crippen molar-refractivity contribution < 1.29 is 33.0 Å². The number of ether oxygens (including phenoxy) is 2. The van der Waals surface area contributed by atoms with E-state index in [-0.39, 0.29) is 30.5 Å². The van der Waals surface area contributed by atoms with E-state index < -0.39 is 40.5 Å². The maximum Gasteiger partial charge on any atom is 0.303 e. The fourth-order valence-electron chi connectivity index (χ4n) is 6.75. The zero-order valence-corrected chi connectivity index (χ0v) is 18.9. The molecule has 0 radical (unpaired) electrons. The molecule has 0 bridgehead atoms. The van der Waals surface area contributed by atoms with Gasteiger partial charge in [-0.3, -0.25) is 19.2 Å². The van der Waals surface area contributed by atoms with Gasteiger partial charge in [0.1, 0.15) is 6.10 Å². The van der Waals surface area contributed by atoms with Gasteiger partial charge in [-0.05, 0) is 50.7 Å². The summed E-state index contributed by atoms with van der Waals surface area (Å²) in [6.07, 6.45) is 7.03. The van der Waals surface area contributed by atoms with Crippen LogP contribution in [0.5, 0.6) is 0 Å². The van der Waals surface area contributed by atoms with Crippen LogP contribution in [-0.4, -0.2) is 41.9 Å². The molecule has 0 spiro atoms. The summed E-state index contributed by atoms with van der Waals surface area (Å²) in [4.78, 5) is 48.1. The maximum absolute atomic E-state index is 17.4. The molecule has 4 rings (SSSR count). The van der Waals surface area contributed by atoms with Crippen molar-refractivity contribution in [1.29, 1.82) is 0 Å². The lowest BCUT2D eigenvalue weighted by atomic mass is 9.45. The topological polar surface area (TPSA) is 86.7 Å². The normalized spacial score (nSPS) is 39.8. The Morgan fingerprint density at radius 2 is 1.88 bits per heavy atom. The molecule has 4 aliphatic rings. The average Bonchev–Trinajstić information content (AvgIpc) is 3.04. The minimum Gasteiger partial charge on any atom is -0.459 e. The molecular weight excluding hydrogens is 415 g/mol. The van der Waals surface area contributed by atoms with E-state index in [9.17, 15) is 19.2 Å². The molecule has 2 fully saturated rings. The second kappa shape index (κ2) is 7.49. The van der Waals surface area contributed by atoms with Crippen LogP contribution in [0.1, 0.15) is 53.4 Å². The molecule has 6 atom stereocenters. The number of allylic oxidation sites excluding steroid dienone is 5. The summed E-state index contributed by atoms with van der Waals surface area (Å²) in [5.74, 6) is -2.23. The number of hydrogen-bond acceptors (Lipinski definition) is 6. The largest absolute Gasteiger partial charge is 0.459 e. The van der Waals surface area contributed by atoms with Crippen LogP contribution in [0.2, 0.25) is 0 Å². The molecule has 0 heterocycles. The lowest BCUT2D eigenvalue weighted by Crippen LogP contribution is -2.67. The van der Waals surface area contributed by atoms with Crippen molar-refractivity contribution in [2.45, 2.75) is 65.2 Å². The van der Waals surface area contributed by atoms with Crippen LogP contribution in [0.25, 0.3) is 0 Å². The Bertz CT molecular complexity index is 992. The quantitative estimate of drug-likeness (QED) is 0.616. The van der Waals surface area contributed by atoms with Gasteiger partial charge in [0.15, 0.2) is 23.8 Å². The lowest BCUT2D eigenvalue weighted by Gasteiger charge is -2.62. The van der Waals surface area contributed by atoms with E-state index in [0.29, 0.717) is 24.8 Å². The van der Waals surface area contributed by atoms with Crippen molar-refractivity contribution in [3.05, 3.63) is 35.5 Å². The SMILES string of the molecule is CC(=O)OCC(=O)C1=CCC2C3CCC4=CC(=O)C=C[C@]4(C)[C@@]3(F)C(OC(C)=O)C[C@]12C. The summed E-state index contributed by atoms with van der Waals surface area (Å²) in [5, 5.41) is 0. The predicted molar refractivity (Wildman–Crippen MR) is 113 cm³/mol. The number of rotatable bonds is 4. The second-order valence-corrected chi connectivity index (χ2v) is 9.90. The molecule has 0 N–H and O–H groups in total. The molecule has 0 aliphatic heterocycles. The van der Waals surface area contributed by atoms with Gasteiger partial charge in [-0.15, -0.1) is 0 Å². The molecule has 2 saturated carbocycles. The maximum atomic E-state index is 17.4. The number of halogens is 1. The Morgan fingerprint density at radius 3 is 2.53 bits per heavy atom. The van der Waals surface area contributed by atoms with Crippen LogP contribution >= 0.6 is 0 Å². The minimum absolute atomic E-state index is 0.145. The first-order valence-corrected chi connectivity index (χ1v) is 11.1. The van der Waals surface area contributed by atoms with Crippen molar-refractivity contribution in [1.82, 2.24) is 0 Å². The fraction of sp³-hybridized carbons (Fsp3) is 0.600. The van der Waals surface area contributed by atoms with Crippen LogP contribution in [0, 0.1) is 22.7 Å². The summed E-state index contributed by atoms with van der Waals surface area (Å²) in [6, 6.07) is 0. The summed E-state index contributed by atoms with van der Waals surface area (Å²) in [7, 11) is 0.